The Hall–Kier alpha value is -4.14. The highest BCUT2D eigenvalue weighted by atomic mass is 35.5. The van der Waals surface area contributed by atoms with Crippen LogP contribution in [0.2, 0.25) is 5.02 Å². The number of hydrogen-bond donors (Lipinski definition) is 1. The number of halogens is 1. The monoisotopic (exact) mass is 479 g/mol. The highest BCUT2D eigenvalue weighted by Gasteiger charge is 2.37. The zero-order chi connectivity index (χ0) is 24.8. The van der Waals surface area contributed by atoms with Gasteiger partial charge in [0.25, 0.3) is 0 Å². The van der Waals surface area contributed by atoms with Gasteiger partial charge in [0.15, 0.2) is 11.5 Å². The van der Waals surface area contributed by atoms with Gasteiger partial charge in [-0.1, -0.05) is 29.8 Å². The van der Waals surface area contributed by atoms with Crippen LogP contribution in [0.15, 0.2) is 59.2 Å². The summed E-state index contributed by atoms with van der Waals surface area (Å²) in [6.07, 6.45) is 0. The lowest BCUT2D eigenvalue weighted by Gasteiger charge is -2.27. The summed E-state index contributed by atoms with van der Waals surface area (Å²) in [5.74, 6) is -0.863. The van der Waals surface area contributed by atoms with E-state index in [1.165, 1.54) is 7.11 Å². The lowest BCUT2D eigenvalue weighted by Crippen LogP contribution is -2.25. The summed E-state index contributed by atoms with van der Waals surface area (Å²) in [5, 5.41) is 19.2. The molecular formula is C25H22ClN3O5. The molecular weight excluding hydrogens is 458 g/mol. The number of carbonyl (C=O) groups excluding carboxylic acids is 1. The van der Waals surface area contributed by atoms with Crippen molar-refractivity contribution >= 4 is 17.6 Å². The minimum absolute atomic E-state index is 0.0448. The molecule has 2 aromatic carbocycles. The second kappa shape index (κ2) is 10.7. The molecule has 2 N–H and O–H groups in total. The van der Waals surface area contributed by atoms with Crippen LogP contribution in [-0.2, 0) is 20.9 Å². The predicted octanol–water partition coefficient (Wildman–Crippen LogP) is 4.44. The number of allylic oxidation sites excluding steroid dienone is 2. The van der Waals surface area contributed by atoms with Gasteiger partial charge < -0.3 is 24.7 Å². The van der Waals surface area contributed by atoms with Gasteiger partial charge in [0.2, 0.25) is 5.88 Å². The summed E-state index contributed by atoms with van der Waals surface area (Å²) in [7, 11) is 1.44. The molecule has 9 heteroatoms. The summed E-state index contributed by atoms with van der Waals surface area (Å²) in [6.45, 7) is 3.48. The van der Waals surface area contributed by atoms with Crippen molar-refractivity contribution in [1.29, 1.82) is 10.5 Å². The molecule has 0 spiro atoms. The number of rotatable bonds is 7. The Morgan fingerprint density at radius 1 is 1.24 bits per heavy atom. The van der Waals surface area contributed by atoms with Crippen LogP contribution in [0, 0.1) is 22.7 Å². The Morgan fingerprint density at radius 2 is 1.97 bits per heavy atom. The van der Waals surface area contributed by atoms with E-state index >= 15 is 0 Å². The van der Waals surface area contributed by atoms with Gasteiger partial charge in [0, 0.05) is 5.56 Å². The first kappa shape index (κ1) is 24.5. The number of esters is 1. The molecule has 0 aliphatic carbocycles. The van der Waals surface area contributed by atoms with Gasteiger partial charge in [-0.25, -0.2) is 4.79 Å². The first-order chi connectivity index (χ1) is 16.4. The molecule has 8 nitrogen and oxygen atoms in total. The van der Waals surface area contributed by atoms with Crippen molar-refractivity contribution in [2.45, 2.75) is 26.4 Å². The van der Waals surface area contributed by atoms with E-state index in [0.29, 0.717) is 16.7 Å². The molecule has 0 radical (unpaired) electrons. The number of nitriles is 2. The number of nitrogens with two attached hydrogens (primary N) is 1. The van der Waals surface area contributed by atoms with E-state index in [4.69, 9.17) is 36.3 Å². The molecule has 1 atom stereocenters. The number of hydrogen-bond acceptors (Lipinski definition) is 8. The topological polar surface area (TPSA) is 128 Å². The van der Waals surface area contributed by atoms with Crippen LogP contribution < -0.4 is 15.2 Å². The SMILES string of the molecule is CCOC(=O)C1=C(C)OC(N)=C(C#N)C1c1cc(Cl)c(OCc2ccccc2C#N)c(OC)c1. The average Bonchev–Trinajstić information content (AvgIpc) is 2.82. The van der Waals surface area contributed by atoms with Crippen LogP contribution in [-0.4, -0.2) is 19.7 Å². The molecule has 1 aliphatic heterocycles. The van der Waals surface area contributed by atoms with Crippen molar-refractivity contribution in [3.8, 4) is 23.6 Å². The van der Waals surface area contributed by atoms with E-state index in [0.717, 1.165) is 0 Å². The first-order valence-electron chi connectivity index (χ1n) is 10.3. The Bertz CT molecular complexity index is 1270. The maximum absolute atomic E-state index is 12.7. The van der Waals surface area contributed by atoms with E-state index in [2.05, 4.69) is 6.07 Å². The van der Waals surface area contributed by atoms with E-state index in [1.807, 2.05) is 6.07 Å². The maximum Gasteiger partial charge on any atom is 0.338 e. The second-order valence-corrected chi connectivity index (χ2v) is 7.61. The molecule has 1 heterocycles. The van der Waals surface area contributed by atoms with Crippen molar-refractivity contribution in [3.05, 3.63) is 80.9 Å². The van der Waals surface area contributed by atoms with Crippen molar-refractivity contribution in [2.24, 2.45) is 5.73 Å². The van der Waals surface area contributed by atoms with Gasteiger partial charge in [-0.3, -0.25) is 0 Å². The number of carbonyl (C=O) groups is 1. The molecule has 0 saturated heterocycles. The third-order valence-electron chi connectivity index (χ3n) is 5.20. The lowest BCUT2D eigenvalue weighted by atomic mass is 9.83. The zero-order valence-electron chi connectivity index (χ0n) is 18.8. The summed E-state index contributed by atoms with van der Waals surface area (Å²) in [6, 6.07) is 14.4. The normalized spacial score (nSPS) is 15.2. The van der Waals surface area contributed by atoms with Crippen molar-refractivity contribution in [3.63, 3.8) is 0 Å². The predicted molar refractivity (Wildman–Crippen MR) is 123 cm³/mol. The molecule has 0 bridgehead atoms. The molecule has 2 aromatic rings. The second-order valence-electron chi connectivity index (χ2n) is 7.21. The largest absolute Gasteiger partial charge is 0.493 e. The third-order valence-corrected chi connectivity index (χ3v) is 5.48. The molecule has 0 saturated carbocycles. The van der Waals surface area contributed by atoms with E-state index in [-0.39, 0.29) is 52.5 Å². The summed E-state index contributed by atoms with van der Waals surface area (Å²) < 4.78 is 22.0. The Morgan fingerprint density at radius 3 is 2.62 bits per heavy atom. The van der Waals surface area contributed by atoms with Crippen LogP contribution >= 0.6 is 11.6 Å². The smallest absolute Gasteiger partial charge is 0.338 e. The van der Waals surface area contributed by atoms with Crippen molar-refractivity contribution in [2.75, 3.05) is 13.7 Å². The Balaban J connectivity index is 2.06. The van der Waals surface area contributed by atoms with E-state index < -0.39 is 11.9 Å². The quantitative estimate of drug-likeness (QED) is 0.577. The molecule has 0 fully saturated rings. The van der Waals surface area contributed by atoms with E-state index in [1.54, 1.807) is 50.2 Å². The summed E-state index contributed by atoms with van der Waals surface area (Å²) in [4.78, 5) is 12.7. The van der Waals surface area contributed by atoms with Crippen molar-refractivity contribution < 1.29 is 23.7 Å². The highest BCUT2D eigenvalue weighted by molar-refractivity contribution is 6.32. The molecule has 0 aromatic heterocycles. The molecule has 1 aliphatic rings. The molecule has 0 amide bonds. The fourth-order valence-corrected chi connectivity index (χ4v) is 3.91. The van der Waals surface area contributed by atoms with Gasteiger partial charge in [-0.15, -0.1) is 0 Å². The molecule has 34 heavy (non-hydrogen) atoms. The van der Waals surface area contributed by atoms with E-state index in [9.17, 15) is 15.3 Å². The zero-order valence-corrected chi connectivity index (χ0v) is 19.6. The number of benzene rings is 2. The Kier molecular flexibility index (Phi) is 7.68. The number of methoxy groups -OCH3 is 1. The van der Waals surface area contributed by atoms with Gasteiger partial charge in [-0.05, 0) is 37.6 Å². The van der Waals surface area contributed by atoms with Crippen LogP contribution in [0.5, 0.6) is 11.5 Å². The van der Waals surface area contributed by atoms with Gasteiger partial charge in [0.05, 0.1) is 41.9 Å². The van der Waals surface area contributed by atoms with Gasteiger partial charge >= 0.3 is 5.97 Å². The lowest BCUT2D eigenvalue weighted by molar-refractivity contribution is -0.139. The van der Waals surface area contributed by atoms with Gasteiger partial charge in [-0.2, -0.15) is 10.5 Å². The standard InChI is InChI=1S/C25H22ClN3O5/c1-4-32-25(30)21-14(2)34-24(29)18(12-28)22(21)17-9-19(26)23(20(10-17)31-3)33-13-16-8-6-5-7-15(16)11-27/h5-10,22H,4,13,29H2,1-3H3. The van der Waals surface area contributed by atoms with Crippen LogP contribution in [0.3, 0.4) is 0 Å². The molecule has 174 valence electrons. The maximum atomic E-state index is 12.7. The van der Waals surface area contributed by atoms with Crippen LogP contribution in [0.1, 0.15) is 36.5 Å². The molecule has 1 unspecified atom stereocenters. The average molecular weight is 480 g/mol. The first-order valence-corrected chi connectivity index (χ1v) is 10.7. The number of nitrogens with zero attached hydrogens (tertiary/aromatic N) is 2. The minimum Gasteiger partial charge on any atom is -0.493 e. The Labute approximate surface area is 202 Å². The van der Waals surface area contributed by atoms with Crippen molar-refractivity contribution in [1.82, 2.24) is 0 Å². The highest BCUT2D eigenvalue weighted by Crippen LogP contribution is 2.45. The summed E-state index contributed by atoms with van der Waals surface area (Å²) in [5.41, 5.74) is 7.77. The fraction of sp³-hybridized carbons (Fsp3) is 0.240. The fourth-order valence-electron chi connectivity index (χ4n) is 3.64. The molecule has 3 rings (SSSR count). The number of ether oxygens (including phenoxy) is 4. The van der Waals surface area contributed by atoms with Gasteiger partial charge in [0.1, 0.15) is 24.0 Å². The van der Waals surface area contributed by atoms with Crippen LogP contribution in [0.25, 0.3) is 0 Å². The summed E-state index contributed by atoms with van der Waals surface area (Å²) >= 11 is 6.56. The third kappa shape index (κ3) is 4.78. The minimum atomic E-state index is -0.877. The van der Waals surface area contributed by atoms with Crippen LogP contribution in [0.4, 0.5) is 0 Å².